The number of hydrogen-bond donors (Lipinski definition) is 1. The quantitative estimate of drug-likeness (QED) is 0.897. The van der Waals surface area contributed by atoms with E-state index < -0.39 is 0 Å². The maximum Gasteiger partial charge on any atom is 0.110 e. The van der Waals surface area contributed by atoms with Crippen molar-refractivity contribution in [3.8, 4) is 0 Å². The highest BCUT2D eigenvalue weighted by Gasteiger charge is 2.19. The van der Waals surface area contributed by atoms with Crippen molar-refractivity contribution in [2.75, 3.05) is 19.6 Å². The second-order valence-electron chi connectivity index (χ2n) is 4.84. The van der Waals surface area contributed by atoms with Crippen molar-refractivity contribution >= 4 is 11.3 Å². The molecule has 1 aromatic rings. The Labute approximate surface area is 108 Å². The Morgan fingerprint density at radius 2 is 2.06 bits per heavy atom. The molecule has 0 aliphatic carbocycles. The minimum atomic E-state index is 0.477. The molecule has 0 spiro atoms. The van der Waals surface area contributed by atoms with Gasteiger partial charge in [-0.15, -0.1) is 11.3 Å². The predicted molar refractivity (Wildman–Crippen MR) is 73.3 cm³/mol. The third-order valence-electron chi connectivity index (χ3n) is 3.52. The number of thiazole rings is 1. The molecule has 0 amide bonds. The van der Waals surface area contributed by atoms with E-state index in [1.807, 2.05) is 0 Å². The van der Waals surface area contributed by atoms with E-state index in [0.717, 1.165) is 12.1 Å². The molecule has 2 heterocycles. The molecule has 1 aliphatic heterocycles. The minimum Gasteiger partial charge on any atom is -0.330 e. The first-order valence-electron chi connectivity index (χ1n) is 6.69. The fraction of sp³-hybridized carbons (Fsp3) is 0.769. The topological polar surface area (TPSA) is 42.1 Å². The first kappa shape index (κ1) is 13.0. The lowest BCUT2D eigenvalue weighted by Crippen LogP contribution is -2.27. The van der Waals surface area contributed by atoms with Crippen LogP contribution in [0.25, 0.3) is 0 Å². The standard InChI is InChI=1S/C13H23N3S/c1-11(16-8-4-2-3-5-9-16)13-15-12(6-7-14)10-17-13/h10-11H,2-9,14H2,1H3. The molecule has 0 bridgehead atoms. The molecule has 1 unspecified atom stereocenters. The summed E-state index contributed by atoms with van der Waals surface area (Å²) in [5.74, 6) is 0. The summed E-state index contributed by atoms with van der Waals surface area (Å²) in [6.45, 7) is 5.44. The molecule has 2 N–H and O–H groups in total. The highest BCUT2D eigenvalue weighted by molar-refractivity contribution is 7.09. The van der Waals surface area contributed by atoms with Crippen LogP contribution in [-0.2, 0) is 6.42 Å². The molecule has 1 aromatic heterocycles. The maximum atomic E-state index is 5.56. The van der Waals surface area contributed by atoms with Gasteiger partial charge in [0.05, 0.1) is 11.7 Å². The zero-order valence-electron chi connectivity index (χ0n) is 10.7. The van der Waals surface area contributed by atoms with Crippen LogP contribution in [0, 0.1) is 0 Å². The molecule has 0 saturated carbocycles. The van der Waals surface area contributed by atoms with Gasteiger partial charge in [-0.05, 0) is 39.4 Å². The van der Waals surface area contributed by atoms with E-state index in [9.17, 15) is 0 Å². The molecule has 3 nitrogen and oxygen atoms in total. The van der Waals surface area contributed by atoms with Crippen LogP contribution in [0.2, 0.25) is 0 Å². The summed E-state index contributed by atoms with van der Waals surface area (Å²) in [5.41, 5.74) is 6.72. The van der Waals surface area contributed by atoms with E-state index in [2.05, 4.69) is 17.2 Å². The van der Waals surface area contributed by atoms with Crippen molar-refractivity contribution in [2.45, 2.75) is 45.1 Å². The molecular weight excluding hydrogens is 230 g/mol. The fourth-order valence-electron chi connectivity index (χ4n) is 2.42. The number of nitrogens with zero attached hydrogens (tertiary/aromatic N) is 2. The summed E-state index contributed by atoms with van der Waals surface area (Å²) < 4.78 is 0. The van der Waals surface area contributed by atoms with Crippen molar-refractivity contribution in [2.24, 2.45) is 5.73 Å². The lowest BCUT2D eigenvalue weighted by Gasteiger charge is -2.25. The Morgan fingerprint density at radius 3 is 2.71 bits per heavy atom. The average Bonchev–Trinajstić information content (AvgIpc) is 2.64. The Hall–Kier alpha value is -0.450. The summed E-state index contributed by atoms with van der Waals surface area (Å²) in [5, 5.41) is 3.42. The van der Waals surface area contributed by atoms with Gasteiger partial charge in [-0.1, -0.05) is 12.8 Å². The number of rotatable bonds is 4. The van der Waals surface area contributed by atoms with Crippen molar-refractivity contribution in [3.05, 3.63) is 16.1 Å². The van der Waals surface area contributed by atoms with Crippen LogP contribution in [-0.4, -0.2) is 29.5 Å². The molecule has 1 saturated heterocycles. The van der Waals surface area contributed by atoms with Crippen LogP contribution >= 0.6 is 11.3 Å². The van der Waals surface area contributed by atoms with E-state index in [1.165, 1.54) is 43.8 Å². The van der Waals surface area contributed by atoms with Crippen LogP contribution in [0.15, 0.2) is 5.38 Å². The van der Waals surface area contributed by atoms with Gasteiger partial charge in [-0.3, -0.25) is 4.90 Å². The van der Waals surface area contributed by atoms with Crippen LogP contribution in [0.5, 0.6) is 0 Å². The highest BCUT2D eigenvalue weighted by Crippen LogP contribution is 2.26. The zero-order chi connectivity index (χ0) is 12.1. The third kappa shape index (κ3) is 3.50. The highest BCUT2D eigenvalue weighted by atomic mass is 32.1. The van der Waals surface area contributed by atoms with Gasteiger partial charge >= 0.3 is 0 Å². The van der Waals surface area contributed by atoms with E-state index in [1.54, 1.807) is 11.3 Å². The third-order valence-corrected chi connectivity index (χ3v) is 4.58. The summed E-state index contributed by atoms with van der Waals surface area (Å²) in [6.07, 6.45) is 6.36. The van der Waals surface area contributed by atoms with Crippen LogP contribution in [0.4, 0.5) is 0 Å². The Bertz CT molecular complexity index is 329. The lowest BCUT2D eigenvalue weighted by molar-refractivity contribution is 0.219. The van der Waals surface area contributed by atoms with Gasteiger partial charge < -0.3 is 5.73 Å². The second kappa shape index (κ2) is 6.47. The summed E-state index contributed by atoms with van der Waals surface area (Å²) in [4.78, 5) is 7.28. The molecule has 1 fully saturated rings. The lowest BCUT2D eigenvalue weighted by atomic mass is 10.2. The normalized spacial score (nSPS) is 20.1. The number of aromatic nitrogens is 1. The van der Waals surface area contributed by atoms with E-state index in [-0.39, 0.29) is 0 Å². The Balaban J connectivity index is 1.98. The molecule has 0 aromatic carbocycles. The zero-order valence-corrected chi connectivity index (χ0v) is 11.5. The van der Waals surface area contributed by atoms with E-state index in [4.69, 9.17) is 10.7 Å². The molecule has 4 heteroatoms. The summed E-state index contributed by atoms with van der Waals surface area (Å²) in [7, 11) is 0. The Morgan fingerprint density at radius 1 is 1.35 bits per heavy atom. The largest absolute Gasteiger partial charge is 0.330 e. The molecule has 17 heavy (non-hydrogen) atoms. The summed E-state index contributed by atoms with van der Waals surface area (Å²) >= 11 is 1.79. The molecular formula is C13H23N3S. The van der Waals surface area contributed by atoms with Gasteiger partial charge in [0.2, 0.25) is 0 Å². The van der Waals surface area contributed by atoms with Crippen LogP contribution in [0.1, 0.15) is 49.4 Å². The van der Waals surface area contributed by atoms with Gasteiger partial charge in [-0.2, -0.15) is 0 Å². The monoisotopic (exact) mass is 253 g/mol. The second-order valence-corrected chi connectivity index (χ2v) is 5.73. The van der Waals surface area contributed by atoms with Crippen molar-refractivity contribution in [1.29, 1.82) is 0 Å². The first-order chi connectivity index (χ1) is 8.31. The molecule has 2 rings (SSSR count). The first-order valence-corrected chi connectivity index (χ1v) is 7.57. The summed E-state index contributed by atoms with van der Waals surface area (Å²) in [6, 6.07) is 0.477. The van der Waals surface area contributed by atoms with E-state index >= 15 is 0 Å². The van der Waals surface area contributed by atoms with Crippen LogP contribution < -0.4 is 5.73 Å². The van der Waals surface area contributed by atoms with Gasteiger partial charge in [0.25, 0.3) is 0 Å². The smallest absolute Gasteiger partial charge is 0.110 e. The van der Waals surface area contributed by atoms with Crippen molar-refractivity contribution in [3.63, 3.8) is 0 Å². The van der Waals surface area contributed by atoms with Crippen molar-refractivity contribution in [1.82, 2.24) is 9.88 Å². The molecule has 1 atom stereocenters. The van der Waals surface area contributed by atoms with E-state index in [0.29, 0.717) is 12.6 Å². The number of nitrogens with two attached hydrogens (primary N) is 1. The fourth-order valence-corrected chi connectivity index (χ4v) is 3.36. The maximum absolute atomic E-state index is 5.56. The van der Waals surface area contributed by atoms with Gasteiger partial charge in [-0.25, -0.2) is 4.98 Å². The molecule has 0 radical (unpaired) electrons. The predicted octanol–water partition coefficient (Wildman–Crippen LogP) is 2.58. The minimum absolute atomic E-state index is 0.477. The number of likely N-dealkylation sites (tertiary alicyclic amines) is 1. The van der Waals surface area contributed by atoms with Gasteiger partial charge in [0, 0.05) is 11.8 Å². The Kier molecular flexibility index (Phi) is 4.95. The van der Waals surface area contributed by atoms with Gasteiger partial charge in [0.1, 0.15) is 5.01 Å². The SMILES string of the molecule is CC(c1nc(CCN)cs1)N1CCCCCC1. The molecule has 96 valence electrons. The molecule has 1 aliphatic rings. The van der Waals surface area contributed by atoms with Crippen molar-refractivity contribution < 1.29 is 0 Å². The average molecular weight is 253 g/mol. The van der Waals surface area contributed by atoms with Crippen LogP contribution in [0.3, 0.4) is 0 Å². The van der Waals surface area contributed by atoms with Gasteiger partial charge in [0.15, 0.2) is 0 Å². The number of hydrogen-bond acceptors (Lipinski definition) is 4.